The second-order valence-electron chi connectivity index (χ2n) is 9.16. The van der Waals surface area contributed by atoms with E-state index in [1.54, 1.807) is 0 Å². The summed E-state index contributed by atoms with van der Waals surface area (Å²) in [5.41, 5.74) is 0.653. The third kappa shape index (κ3) is 5.71. The number of amides is 1. The quantitative estimate of drug-likeness (QED) is 0.551. The highest BCUT2D eigenvalue weighted by Crippen LogP contribution is 2.44. The van der Waals surface area contributed by atoms with E-state index in [1.807, 2.05) is 62.9 Å². The third-order valence-electron chi connectivity index (χ3n) is 5.78. The number of hydrogen-bond acceptors (Lipinski definition) is 2. The van der Waals surface area contributed by atoms with Crippen molar-refractivity contribution in [2.24, 2.45) is 5.41 Å². The fourth-order valence-corrected chi connectivity index (χ4v) is 4.83. The molecule has 1 aromatic rings. The summed E-state index contributed by atoms with van der Waals surface area (Å²) in [6, 6.07) is 7.73. The zero-order chi connectivity index (χ0) is 21.8. The molecule has 0 spiro atoms. The summed E-state index contributed by atoms with van der Waals surface area (Å²) in [4.78, 5) is 15.7. The minimum absolute atomic E-state index is 0.00696. The van der Waals surface area contributed by atoms with Gasteiger partial charge in [0.25, 0.3) is 0 Å². The fraction of sp³-hybridized carbons (Fsp3) is 0.609. The number of nitrogens with one attached hydrogen (secondary N) is 1. The molecule has 1 aliphatic heterocycles. The predicted molar refractivity (Wildman–Crippen MR) is 123 cm³/mol. The van der Waals surface area contributed by atoms with Crippen molar-refractivity contribution in [1.82, 2.24) is 9.62 Å². The SMILES string of the molecule is C=CC[C@@]1(C)CC[C@@H](c2ccc(Cl)cc2)N(C(CC)CNS(=O)C(C)(C)C)C1=O. The van der Waals surface area contributed by atoms with Gasteiger partial charge in [0, 0.05) is 17.6 Å². The molecule has 1 heterocycles. The number of benzene rings is 1. The molecular weight excluding hydrogens is 404 g/mol. The Labute approximate surface area is 183 Å². The summed E-state index contributed by atoms with van der Waals surface area (Å²) in [6.07, 6.45) is 4.99. The topological polar surface area (TPSA) is 49.4 Å². The first-order valence-electron chi connectivity index (χ1n) is 10.4. The van der Waals surface area contributed by atoms with Crippen LogP contribution in [0.3, 0.4) is 0 Å². The van der Waals surface area contributed by atoms with Crippen LogP contribution < -0.4 is 4.72 Å². The van der Waals surface area contributed by atoms with Crippen LogP contribution in [0.4, 0.5) is 0 Å². The van der Waals surface area contributed by atoms with Crippen LogP contribution >= 0.6 is 11.6 Å². The van der Waals surface area contributed by atoms with Crippen LogP contribution in [0.1, 0.15) is 71.9 Å². The van der Waals surface area contributed by atoms with Gasteiger partial charge in [0.1, 0.15) is 0 Å². The first-order chi connectivity index (χ1) is 13.5. The number of carbonyl (C=O) groups excluding carboxylic acids is 1. The van der Waals surface area contributed by atoms with Crippen molar-refractivity contribution in [3.05, 3.63) is 47.5 Å². The van der Waals surface area contributed by atoms with E-state index in [2.05, 4.69) is 18.2 Å². The van der Waals surface area contributed by atoms with Gasteiger partial charge in [0.15, 0.2) is 0 Å². The third-order valence-corrected chi connectivity index (χ3v) is 7.57. The lowest BCUT2D eigenvalue weighted by molar-refractivity contribution is -0.152. The summed E-state index contributed by atoms with van der Waals surface area (Å²) in [5.74, 6) is 0.152. The number of hydrogen-bond donors (Lipinski definition) is 1. The number of halogens is 1. The van der Waals surface area contributed by atoms with Gasteiger partial charge in [-0.15, -0.1) is 6.58 Å². The smallest absolute Gasteiger partial charge is 0.229 e. The van der Waals surface area contributed by atoms with Crippen LogP contribution in [0, 0.1) is 5.41 Å². The van der Waals surface area contributed by atoms with Gasteiger partial charge in [-0.25, -0.2) is 8.93 Å². The van der Waals surface area contributed by atoms with Gasteiger partial charge >= 0.3 is 0 Å². The Morgan fingerprint density at radius 3 is 2.52 bits per heavy atom. The Kier molecular flexibility index (Phi) is 8.11. The van der Waals surface area contributed by atoms with Gasteiger partial charge in [-0.1, -0.05) is 43.7 Å². The molecule has 29 heavy (non-hydrogen) atoms. The average molecular weight is 439 g/mol. The van der Waals surface area contributed by atoms with Gasteiger partial charge < -0.3 is 4.90 Å². The van der Waals surface area contributed by atoms with Crippen LogP contribution in [0.2, 0.25) is 5.02 Å². The number of rotatable bonds is 8. The molecule has 4 atom stereocenters. The van der Waals surface area contributed by atoms with Gasteiger partial charge in [-0.05, 0) is 64.2 Å². The molecule has 1 aromatic carbocycles. The predicted octanol–water partition coefficient (Wildman–Crippen LogP) is 5.42. The standard InChI is InChI=1S/C23H35ClN2O2S/c1-7-14-23(6)15-13-20(17-9-11-18(24)12-10-17)26(21(23)27)19(8-2)16-25-29(28)22(3,4)5/h7,9-12,19-20,25H,1,8,13-16H2,2-6H3/t19?,20-,23-,29?/m0/s1. The summed E-state index contributed by atoms with van der Waals surface area (Å²) in [7, 11) is -1.18. The molecule has 2 unspecified atom stereocenters. The van der Waals surface area contributed by atoms with Crippen LogP contribution in [0.25, 0.3) is 0 Å². The highest BCUT2D eigenvalue weighted by Gasteiger charge is 2.45. The van der Waals surface area contributed by atoms with Crippen molar-refractivity contribution in [3.8, 4) is 0 Å². The summed E-state index contributed by atoms with van der Waals surface area (Å²) < 4.78 is 15.4. The lowest BCUT2D eigenvalue weighted by Gasteiger charge is -2.48. The lowest BCUT2D eigenvalue weighted by Crippen LogP contribution is -2.55. The summed E-state index contributed by atoms with van der Waals surface area (Å²) in [5, 5.41) is 0.688. The Balaban J connectivity index is 2.35. The molecule has 0 bridgehead atoms. The molecular formula is C23H35ClN2O2S. The largest absolute Gasteiger partial charge is 0.331 e. The molecule has 4 nitrogen and oxygen atoms in total. The average Bonchev–Trinajstić information content (AvgIpc) is 2.65. The van der Waals surface area contributed by atoms with Crippen LogP contribution in [0.5, 0.6) is 0 Å². The van der Waals surface area contributed by atoms with Gasteiger partial charge in [-0.3, -0.25) is 4.79 Å². The highest BCUT2D eigenvalue weighted by atomic mass is 35.5. The Morgan fingerprint density at radius 1 is 1.38 bits per heavy atom. The molecule has 0 aliphatic carbocycles. The van der Waals surface area contributed by atoms with Gasteiger partial charge in [-0.2, -0.15) is 0 Å². The summed E-state index contributed by atoms with van der Waals surface area (Å²) >= 11 is 6.08. The lowest BCUT2D eigenvalue weighted by atomic mass is 9.74. The zero-order valence-corrected chi connectivity index (χ0v) is 19.9. The van der Waals surface area contributed by atoms with E-state index in [9.17, 15) is 9.00 Å². The summed E-state index contributed by atoms with van der Waals surface area (Å²) in [6.45, 7) is 14.3. The Morgan fingerprint density at radius 2 is 2.00 bits per heavy atom. The van der Waals surface area contributed by atoms with Gasteiger partial charge in [0.2, 0.25) is 5.91 Å². The monoisotopic (exact) mass is 438 g/mol. The van der Waals surface area contributed by atoms with E-state index in [4.69, 9.17) is 11.6 Å². The number of nitrogens with zero attached hydrogens (tertiary/aromatic N) is 1. The van der Waals surface area contributed by atoms with E-state index in [0.29, 0.717) is 18.0 Å². The second-order valence-corrected chi connectivity index (χ2v) is 11.7. The Hall–Kier alpha value is -1.17. The van der Waals surface area contributed by atoms with Crippen molar-refractivity contribution in [2.75, 3.05) is 6.54 Å². The second kappa shape index (κ2) is 9.76. The molecule has 2 rings (SSSR count). The molecule has 0 radical (unpaired) electrons. The molecule has 1 saturated heterocycles. The molecule has 1 fully saturated rings. The molecule has 1 aliphatic rings. The Bertz CT molecular complexity index is 744. The molecule has 0 aromatic heterocycles. The molecule has 1 amide bonds. The van der Waals surface area contributed by atoms with Crippen molar-refractivity contribution < 1.29 is 9.00 Å². The molecule has 1 N–H and O–H groups in total. The molecule has 6 heteroatoms. The fourth-order valence-electron chi connectivity index (χ4n) is 3.92. The molecule has 0 saturated carbocycles. The van der Waals surface area contributed by atoms with Gasteiger partial charge in [0.05, 0.1) is 27.2 Å². The number of piperidine rings is 1. The van der Waals surface area contributed by atoms with Crippen molar-refractivity contribution in [1.29, 1.82) is 0 Å². The normalized spacial score (nSPS) is 25.0. The van der Waals surface area contributed by atoms with E-state index >= 15 is 0 Å². The first-order valence-corrected chi connectivity index (χ1v) is 11.9. The number of likely N-dealkylation sites (tertiary alicyclic amines) is 1. The van der Waals surface area contributed by atoms with Crippen molar-refractivity contribution in [3.63, 3.8) is 0 Å². The van der Waals surface area contributed by atoms with Crippen molar-refractivity contribution >= 4 is 28.5 Å². The minimum Gasteiger partial charge on any atom is -0.331 e. The molecule has 162 valence electrons. The van der Waals surface area contributed by atoms with Crippen LogP contribution in [0.15, 0.2) is 36.9 Å². The zero-order valence-electron chi connectivity index (χ0n) is 18.3. The first kappa shape index (κ1) is 24.1. The maximum absolute atomic E-state index is 13.7. The minimum atomic E-state index is -1.18. The number of allylic oxidation sites excluding steroid dienone is 1. The van der Waals surface area contributed by atoms with Crippen LogP contribution in [-0.4, -0.2) is 32.3 Å². The maximum Gasteiger partial charge on any atom is 0.229 e. The van der Waals surface area contributed by atoms with E-state index < -0.39 is 16.4 Å². The van der Waals surface area contributed by atoms with E-state index in [-0.39, 0.29) is 22.7 Å². The number of carbonyl (C=O) groups is 1. The highest BCUT2D eigenvalue weighted by molar-refractivity contribution is 7.84. The van der Waals surface area contributed by atoms with E-state index in [1.165, 1.54) is 0 Å². The van der Waals surface area contributed by atoms with Crippen molar-refractivity contribution in [2.45, 2.75) is 77.1 Å². The van der Waals surface area contributed by atoms with Crippen LogP contribution in [-0.2, 0) is 15.8 Å². The van der Waals surface area contributed by atoms with E-state index in [0.717, 1.165) is 24.8 Å². The maximum atomic E-state index is 13.7.